The first-order chi connectivity index (χ1) is 16.9. The Morgan fingerprint density at radius 2 is 1.89 bits per heavy atom. The number of anilines is 1. The van der Waals surface area contributed by atoms with E-state index in [-0.39, 0.29) is 41.7 Å². The van der Waals surface area contributed by atoms with E-state index in [0.717, 1.165) is 23.1 Å². The summed E-state index contributed by atoms with van der Waals surface area (Å²) in [4.78, 5) is 17.2. The number of hydrogen-bond acceptors (Lipinski definition) is 5. The highest BCUT2D eigenvalue weighted by atomic mass is 19.1. The van der Waals surface area contributed by atoms with Crippen LogP contribution in [0.25, 0.3) is 16.0 Å². The summed E-state index contributed by atoms with van der Waals surface area (Å²) in [6.07, 6.45) is 1.80. The molecule has 0 bridgehead atoms. The van der Waals surface area contributed by atoms with E-state index >= 15 is 13.2 Å². The first-order valence-electron chi connectivity index (χ1n) is 11.1. The summed E-state index contributed by atoms with van der Waals surface area (Å²) < 4.78 is 52.1. The Morgan fingerprint density at radius 1 is 1.14 bits per heavy atom. The number of carbonyl (C=O) groups excluding carboxylic acids is 1. The quantitative estimate of drug-likeness (QED) is 0.567. The predicted molar refractivity (Wildman–Crippen MR) is 118 cm³/mol. The van der Waals surface area contributed by atoms with E-state index in [1.165, 1.54) is 23.0 Å². The van der Waals surface area contributed by atoms with Gasteiger partial charge in [0.15, 0.2) is 0 Å². The van der Waals surface area contributed by atoms with Gasteiger partial charge in [-0.2, -0.15) is 0 Å². The normalized spacial score (nSPS) is 27.0. The molecule has 178 valence electrons. The van der Waals surface area contributed by atoms with Crippen molar-refractivity contribution in [3.05, 3.63) is 77.2 Å². The molecule has 35 heavy (non-hydrogen) atoms. The lowest BCUT2D eigenvalue weighted by molar-refractivity contribution is 0.129. The number of benzene rings is 2. The molecule has 1 aliphatic carbocycles. The van der Waals surface area contributed by atoms with Crippen LogP contribution in [0.2, 0.25) is 0 Å². The van der Waals surface area contributed by atoms with Gasteiger partial charge in [0.2, 0.25) is 0 Å². The highest BCUT2D eigenvalue weighted by Crippen LogP contribution is 2.63. The summed E-state index contributed by atoms with van der Waals surface area (Å²) in [6, 6.07) is 6.03. The van der Waals surface area contributed by atoms with Crippen LogP contribution in [0.3, 0.4) is 0 Å². The summed E-state index contributed by atoms with van der Waals surface area (Å²) in [5.41, 5.74) is -1.03. The van der Waals surface area contributed by atoms with Crippen molar-refractivity contribution < 1.29 is 22.7 Å². The second kappa shape index (κ2) is 7.81. The highest BCUT2D eigenvalue weighted by molar-refractivity contribution is 5.90. The smallest absolute Gasteiger partial charge is 0.414 e. The van der Waals surface area contributed by atoms with Gasteiger partial charge in [0.1, 0.15) is 23.6 Å². The zero-order chi connectivity index (χ0) is 24.3. The third-order valence-corrected chi connectivity index (χ3v) is 7.19. The van der Waals surface area contributed by atoms with Gasteiger partial charge in [-0.05, 0) is 29.8 Å². The van der Waals surface area contributed by atoms with Gasteiger partial charge in [-0.3, -0.25) is 4.90 Å². The number of halogens is 3. The highest BCUT2D eigenvalue weighted by Gasteiger charge is 2.76. The van der Waals surface area contributed by atoms with E-state index < -0.39 is 40.8 Å². The maximum Gasteiger partial charge on any atom is 0.414 e. The number of ether oxygens (including phenoxy) is 1. The maximum absolute atomic E-state index is 15.1. The molecular formula is C24H19F3N6O2. The van der Waals surface area contributed by atoms with Crippen molar-refractivity contribution >= 4 is 11.8 Å². The van der Waals surface area contributed by atoms with Crippen molar-refractivity contribution in [1.29, 1.82) is 0 Å². The Balaban J connectivity index is 1.26. The van der Waals surface area contributed by atoms with Crippen LogP contribution < -0.4 is 10.2 Å². The molecule has 1 N–H and O–H groups in total. The van der Waals surface area contributed by atoms with Gasteiger partial charge in [-0.15, -0.1) is 5.10 Å². The molecule has 2 aliphatic heterocycles. The van der Waals surface area contributed by atoms with Crippen molar-refractivity contribution in [2.75, 3.05) is 24.5 Å². The van der Waals surface area contributed by atoms with Crippen molar-refractivity contribution in [1.82, 2.24) is 20.3 Å². The predicted octanol–water partition coefficient (Wildman–Crippen LogP) is 3.35. The average molecular weight is 480 g/mol. The molecule has 1 saturated carbocycles. The number of nitrogens with zero attached hydrogens (tertiary/aromatic N) is 5. The Bertz CT molecular complexity index is 1340. The Kier molecular flexibility index (Phi) is 4.82. The number of rotatable bonds is 5. The number of nitrogens with one attached hydrogen (secondary N) is 1. The van der Waals surface area contributed by atoms with Crippen LogP contribution in [0.1, 0.15) is 5.56 Å². The fourth-order valence-corrected chi connectivity index (χ4v) is 5.49. The largest absolute Gasteiger partial charge is 0.442 e. The molecule has 8 nitrogen and oxygen atoms in total. The zero-order valence-corrected chi connectivity index (χ0v) is 18.3. The van der Waals surface area contributed by atoms with E-state index in [0.29, 0.717) is 13.1 Å². The van der Waals surface area contributed by atoms with Gasteiger partial charge < -0.3 is 14.9 Å². The van der Waals surface area contributed by atoms with Gasteiger partial charge in [-0.25, -0.2) is 29.2 Å². The molecule has 2 aromatic carbocycles. The van der Waals surface area contributed by atoms with Gasteiger partial charge in [-0.1, -0.05) is 11.3 Å². The van der Waals surface area contributed by atoms with Crippen LogP contribution >= 0.6 is 0 Å². The summed E-state index contributed by atoms with van der Waals surface area (Å²) in [5.74, 6) is -2.45. The molecular weight excluding hydrogens is 461 g/mol. The number of aromatic nitrogens is 3. The van der Waals surface area contributed by atoms with Crippen molar-refractivity contribution in [3.63, 3.8) is 0 Å². The number of cyclic esters (lactones) is 1. The van der Waals surface area contributed by atoms with E-state index in [1.807, 2.05) is 0 Å². The van der Waals surface area contributed by atoms with E-state index in [4.69, 9.17) is 11.3 Å². The van der Waals surface area contributed by atoms with Crippen LogP contribution in [0, 0.1) is 35.9 Å². The second-order valence-corrected chi connectivity index (χ2v) is 9.03. The zero-order valence-electron chi connectivity index (χ0n) is 18.3. The number of hydrogen-bond donors (Lipinski definition) is 1. The number of piperidine rings is 1. The molecule has 6 rings (SSSR count). The SMILES string of the molecule is [C-]#[N+]C1(c2ccc(-c3c(F)cc(N4C[C@H](Cn5ccnn5)OC4=O)cc3F)cc2F)[C@@H]2CNC[C@@H]21. The molecule has 4 atom stereocenters. The fourth-order valence-electron chi connectivity index (χ4n) is 5.49. The third-order valence-electron chi connectivity index (χ3n) is 7.19. The molecule has 3 heterocycles. The molecule has 1 unspecified atom stereocenters. The van der Waals surface area contributed by atoms with Crippen molar-refractivity contribution in [2.24, 2.45) is 11.8 Å². The lowest BCUT2D eigenvalue weighted by atomic mass is 9.95. The van der Waals surface area contributed by atoms with Gasteiger partial charge in [0.25, 0.3) is 5.54 Å². The maximum atomic E-state index is 15.1. The number of carbonyl (C=O) groups is 1. The standard InChI is InChI=1S/C24H19F3N6O2/c1-28-24(17-9-29-10-18(17)24)16-3-2-13(6-19(16)25)22-20(26)7-14(8-21(22)27)33-12-15(35-23(33)34)11-32-5-4-30-31-32/h2-8,15,17-18,29H,9-12H2/t15-,17-,18+,24?/m0/s1. The van der Waals surface area contributed by atoms with Crippen LogP contribution in [0.5, 0.6) is 0 Å². The van der Waals surface area contributed by atoms with Gasteiger partial charge in [0, 0.05) is 19.3 Å². The molecule has 0 radical (unpaired) electrons. The van der Waals surface area contributed by atoms with E-state index in [1.54, 1.807) is 6.20 Å². The summed E-state index contributed by atoms with van der Waals surface area (Å²) in [5, 5.41) is 10.7. The monoisotopic (exact) mass is 480 g/mol. The lowest BCUT2D eigenvalue weighted by Gasteiger charge is -2.16. The fraction of sp³-hybridized carbons (Fsp3) is 0.333. The first-order valence-corrected chi connectivity index (χ1v) is 11.1. The molecule has 1 aromatic heterocycles. The Labute approximate surface area is 198 Å². The second-order valence-electron chi connectivity index (χ2n) is 9.03. The Morgan fingerprint density at radius 3 is 2.51 bits per heavy atom. The summed E-state index contributed by atoms with van der Waals surface area (Å²) >= 11 is 0. The minimum Gasteiger partial charge on any atom is -0.442 e. The number of fused-ring (bicyclic) bond motifs is 1. The molecule has 3 aromatic rings. The molecule has 3 aliphatic rings. The number of amides is 1. The minimum absolute atomic E-state index is 0.00260. The first kappa shape index (κ1) is 21.6. The molecule has 3 fully saturated rings. The summed E-state index contributed by atoms with van der Waals surface area (Å²) in [7, 11) is 0. The van der Waals surface area contributed by atoms with Crippen LogP contribution in [0.4, 0.5) is 23.7 Å². The van der Waals surface area contributed by atoms with Crippen molar-refractivity contribution in [3.8, 4) is 11.1 Å². The van der Waals surface area contributed by atoms with E-state index in [9.17, 15) is 4.79 Å². The van der Waals surface area contributed by atoms with Crippen molar-refractivity contribution in [2.45, 2.75) is 18.2 Å². The molecule has 2 saturated heterocycles. The minimum atomic E-state index is -0.938. The molecule has 1 amide bonds. The van der Waals surface area contributed by atoms with Crippen LogP contribution in [-0.2, 0) is 16.8 Å². The Hall–Kier alpha value is -3.91. The van der Waals surface area contributed by atoms with Crippen LogP contribution in [0.15, 0.2) is 42.7 Å². The molecule has 11 heteroatoms. The van der Waals surface area contributed by atoms with Gasteiger partial charge >= 0.3 is 6.09 Å². The van der Waals surface area contributed by atoms with Gasteiger partial charge in [0.05, 0.1) is 47.9 Å². The average Bonchev–Trinajstić information content (AvgIpc) is 3.35. The molecule has 0 spiro atoms. The van der Waals surface area contributed by atoms with Crippen LogP contribution in [-0.4, -0.2) is 46.8 Å². The topological polar surface area (TPSA) is 76.6 Å². The lowest BCUT2D eigenvalue weighted by Crippen LogP contribution is -2.26. The summed E-state index contributed by atoms with van der Waals surface area (Å²) in [6.45, 7) is 9.27. The van der Waals surface area contributed by atoms with E-state index in [2.05, 4.69) is 20.5 Å². The third kappa shape index (κ3) is 3.28.